The molecule has 0 saturated heterocycles. The maximum absolute atomic E-state index is 11.1. The third kappa shape index (κ3) is 2.80. The number of amides is 1. The maximum Gasteiger partial charge on any atom is 0.255 e. The van der Waals surface area contributed by atoms with Gasteiger partial charge in [0, 0.05) is 13.7 Å². The summed E-state index contributed by atoms with van der Waals surface area (Å²) in [5.41, 5.74) is 10.9. The van der Waals surface area contributed by atoms with E-state index < -0.39 is 5.91 Å². The number of aromatic nitrogens is 1. The minimum absolute atomic E-state index is 0.0362. The Balaban J connectivity index is 2.73. The monoisotopic (exact) mass is 230 g/mol. The molecule has 0 fully saturated rings. The zero-order valence-electron chi connectivity index (χ0n) is 8.61. The molecule has 15 heavy (non-hydrogen) atoms. The first kappa shape index (κ1) is 11.7. The van der Waals surface area contributed by atoms with Crippen molar-refractivity contribution in [3.8, 4) is 0 Å². The number of nitrogens with zero attached hydrogens (tertiary/aromatic N) is 1. The van der Waals surface area contributed by atoms with Gasteiger partial charge in [-0.15, -0.1) is 0 Å². The van der Waals surface area contributed by atoms with Gasteiger partial charge in [0.1, 0.15) is 10.6 Å². The Labute approximate surface area is 91.8 Å². The second kappa shape index (κ2) is 4.94. The Bertz CT molecular complexity index is 352. The van der Waals surface area contributed by atoms with Crippen molar-refractivity contribution < 1.29 is 9.53 Å². The quantitative estimate of drug-likeness (QED) is 0.673. The van der Waals surface area contributed by atoms with E-state index in [1.807, 2.05) is 6.92 Å². The van der Waals surface area contributed by atoms with Crippen LogP contribution < -0.4 is 16.8 Å². The summed E-state index contributed by atoms with van der Waals surface area (Å²) in [6.45, 7) is 2.47. The van der Waals surface area contributed by atoms with E-state index in [0.717, 1.165) is 11.5 Å². The van der Waals surface area contributed by atoms with Crippen molar-refractivity contribution in [2.45, 2.75) is 13.0 Å². The average Bonchev–Trinajstić information content (AvgIpc) is 2.56. The number of rotatable bonds is 5. The maximum atomic E-state index is 11.1. The molecule has 0 aromatic carbocycles. The molecule has 6 nitrogen and oxygen atoms in total. The molecule has 0 saturated carbocycles. The van der Waals surface area contributed by atoms with Crippen LogP contribution in [-0.4, -0.2) is 30.0 Å². The lowest BCUT2D eigenvalue weighted by Gasteiger charge is -2.10. The smallest absolute Gasteiger partial charge is 0.255 e. The van der Waals surface area contributed by atoms with E-state index in [1.165, 1.54) is 0 Å². The van der Waals surface area contributed by atoms with Crippen LogP contribution in [0.1, 0.15) is 17.3 Å². The van der Waals surface area contributed by atoms with E-state index >= 15 is 0 Å². The highest BCUT2D eigenvalue weighted by Crippen LogP contribution is 2.25. The van der Waals surface area contributed by atoms with Gasteiger partial charge in [-0.3, -0.25) is 4.79 Å². The van der Waals surface area contributed by atoms with Crippen molar-refractivity contribution in [2.24, 2.45) is 5.73 Å². The normalized spacial score (nSPS) is 12.4. The van der Waals surface area contributed by atoms with Crippen LogP contribution in [0.5, 0.6) is 0 Å². The molecule has 0 radical (unpaired) electrons. The lowest BCUT2D eigenvalue weighted by Crippen LogP contribution is -2.20. The van der Waals surface area contributed by atoms with Crippen LogP contribution in [0.15, 0.2) is 0 Å². The highest BCUT2D eigenvalue weighted by molar-refractivity contribution is 7.11. The summed E-state index contributed by atoms with van der Waals surface area (Å²) in [6.07, 6.45) is 0.0362. The van der Waals surface area contributed by atoms with Gasteiger partial charge >= 0.3 is 0 Å². The highest BCUT2D eigenvalue weighted by atomic mass is 32.1. The van der Waals surface area contributed by atoms with Crippen molar-refractivity contribution in [2.75, 3.05) is 24.7 Å². The number of hydrogen-bond acceptors (Lipinski definition) is 6. The zero-order chi connectivity index (χ0) is 11.4. The molecule has 1 unspecified atom stereocenters. The van der Waals surface area contributed by atoms with E-state index in [-0.39, 0.29) is 17.5 Å². The van der Waals surface area contributed by atoms with Gasteiger partial charge in [0.2, 0.25) is 0 Å². The summed E-state index contributed by atoms with van der Waals surface area (Å²) < 4.78 is 8.91. The topological polar surface area (TPSA) is 103 Å². The third-order valence-electron chi connectivity index (χ3n) is 1.92. The van der Waals surface area contributed by atoms with E-state index in [1.54, 1.807) is 7.11 Å². The number of carbonyl (C=O) groups is 1. The molecule has 0 bridgehead atoms. The van der Waals surface area contributed by atoms with Crippen molar-refractivity contribution in [1.82, 2.24) is 4.37 Å². The fourth-order valence-corrected chi connectivity index (χ4v) is 1.71. The van der Waals surface area contributed by atoms with Gasteiger partial charge < -0.3 is 21.5 Å². The van der Waals surface area contributed by atoms with Gasteiger partial charge in [0.05, 0.1) is 6.10 Å². The Morgan fingerprint density at radius 2 is 2.40 bits per heavy atom. The van der Waals surface area contributed by atoms with E-state index in [4.69, 9.17) is 16.2 Å². The van der Waals surface area contributed by atoms with Crippen LogP contribution in [0.25, 0.3) is 0 Å². The number of ether oxygens (including phenoxy) is 1. The lowest BCUT2D eigenvalue weighted by molar-refractivity contribution is 0.100. The van der Waals surface area contributed by atoms with Crippen molar-refractivity contribution in [1.29, 1.82) is 0 Å². The molecule has 1 rings (SSSR count). The van der Waals surface area contributed by atoms with Gasteiger partial charge in [-0.1, -0.05) is 0 Å². The number of anilines is 2. The molecule has 84 valence electrons. The first-order chi connectivity index (χ1) is 7.06. The summed E-state index contributed by atoms with van der Waals surface area (Å²) in [7, 11) is 1.61. The molecule has 0 spiro atoms. The molecule has 0 aliphatic rings. The molecule has 1 atom stereocenters. The van der Waals surface area contributed by atoms with Crippen LogP contribution in [-0.2, 0) is 4.74 Å². The molecule has 1 aromatic heterocycles. The number of carbonyl (C=O) groups excluding carboxylic acids is 1. The number of nitrogens with two attached hydrogens (primary N) is 2. The predicted molar refractivity (Wildman–Crippen MR) is 60.0 cm³/mol. The molecule has 7 heteroatoms. The minimum atomic E-state index is -0.575. The lowest BCUT2D eigenvalue weighted by atomic mass is 10.3. The van der Waals surface area contributed by atoms with Gasteiger partial charge in [0.25, 0.3) is 5.91 Å². The average molecular weight is 230 g/mol. The SMILES string of the molecule is COC(C)CNc1snc(N)c1C(N)=O. The Morgan fingerprint density at radius 1 is 1.73 bits per heavy atom. The predicted octanol–water partition coefficient (Wildman–Crippen LogP) is 0.271. The second-order valence-electron chi connectivity index (χ2n) is 3.06. The summed E-state index contributed by atoms with van der Waals surface area (Å²) in [4.78, 5) is 11.1. The summed E-state index contributed by atoms with van der Waals surface area (Å²) in [6, 6.07) is 0. The minimum Gasteiger partial charge on any atom is -0.382 e. The van der Waals surface area contributed by atoms with Crippen molar-refractivity contribution >= 4 is 28.3 Å². The Morgan fingerprint density at radius 3 is 2.93 bits per heavy atom. The first-order valence-corrected chi connectivity index (χ1v) is 5.15. The number of methoxy groups -OCH3 is 1. The second-order valence-corrected chi connectivity index (χ2v) is 3.84. The Kier molecular flexibility index (Phi) is 3.87. The first-order valence-electron chi connectivity index (χ1n) is 4.37. The van der Waals surface area contributed by atoms with Crippen molar-refractivity contribution in [3.05, 3.63) is 5.56 Å². The van der Waals surface area contributed by atoms with E-state index in [0.29, 0.717) is 11.5 Å². The molecule has 5 N–H and O–H groups in total. The zero-order valence-corrected chi connectivity index (χ0v) is 9.43. The fourth-order valence-electron chi connectivity index (χ4n) is 0.981. The molecule has 1 aromatic rings. The van der Waals surface area contributed by atoms with Gasteiger partial charge in [-0.2, -0.15) is 4.37 Å². The van der Waals surface area contributed by atoms with Crippen LogP contribution in [0, 0.1) is 0 Å². The number of hydrogen-bond donors (Lipinski definition) is 3. The van der Waals surface area contributed by atoms with E-state index in [2.05, 4.69) is 9.69 Å². The largest absolute Gasteiger partial charge is 0.382 e. The van der Waals surface area contributed by atoms with E-state index in [9.17, 15) is 4.79 Å². The van der Waals surface area contributed by atoms with Crippen molar-refractivity contribution in [3.63, 3.8) is 0 Å². The number of nitrogen functional groups attached to an aromatic ring is 1. The Hall–Kier alpha value is -1.34. The summed E-state index contributed by atoms with van der Waals surface area (Å²) >= 11 is 1.11. The molecule has 0 aliphatic heterocycles. The molecule has 1 amide bonds. The summed E-state index contributed by atoms with van der Waals surface area (Å²) in [5.74, 6) is -0.408. The van der Waals surface area contributed by atoms with Crippen LogP contribution in [0.3, 0.4) is 0 Å². The van der Waals surface area contributed by atoms with Gasteiger partial charge in [-0.25, -0.2) is 0 Å². The molecular formula is C8H14N4O2S. The molecule has 1 heterocycles. The van der Waals surface area contributed by atoms with Gasteiger partial charge in [-0.05, 0) is 18.5 Å². The molecular weight excluding hydrogens is 216 g/mol. The van der Waals surface area contributed by atoms with Crippen LogP contribution >= 0.6 is 11.5 Å². The van der Waals surface area contributed by atoms with Crippen LogP contribution in [0.2, 0.25) is 0 Å². The van der Waals surface area contributed by atoms with Crippen LogP contribution in [0.4, 0.5) is 10.8 Å². The fraction of sp³-hybridized carbons (Fsp3) is 0.500. The van der Waals surface area contributed by atoms with Gasteiger partial charge in [0.15, 0.2) is 5.82 Å². The molecule has 0 aliphatic carbocycles. The standard InChI is InChI=1S/C8H14N4O2S/c1-4(14-2)3-11-8-5(7(10)13)6(9)12-15-8/h4,11H,3H2,1-2H3,(H2,9,12)(H2,10,13). The number of primary amides is 1. The summed E-state index contributed by atoms with van der Waals surface area (Å²) in [5, 5.41) is 3.60. The third-order valence-corrected chi connectivity index (χ3v) is 2.74. The highest BCUT2D eigenvalue weighted by Gasteiger charge is 2.16. The number of nitrogens with one attached hydrogen (secondary N) is 1.